The van der Waals surface area contributed by atoms with Crippen molar-refractivity contribution < 1.29 is 0 Å². The minimum Gasteiger partial charge on any atom is -0.384 e. The molecule has 1 saturated carbocycles. The van der Waals surface area contributed by atoms with Gasteiger partial charge in [-0.3, -0.25) is 0 Å². The second kappa shape index (κ2) is 3.99. The molecular formula is C12H18N2. The van der Waals surface area contributed by atoms with Crippen molar-refractivity contribution in [1.29, 1.82) is 0 Å². The summed E-state index contributed by atoms with van der Waals surface area (Å²) in [5, 5.41) is 0. The molecular weight excluding hydrogens is 172 g/mol. The monoisotopic (exact) mass is 190 g/mol. The molecule has 0 aliphatic heterocycles. The van der Waals surface area contributed by atoms with Gasteiger partial charge in [-0.05, 0) is 36.0 Å². The maximum absolute atomic E-state index is 5.70. The first kappa shape index (κ1) is 9.50. The molecule has 1 aromatic rings. The van der Waals surface area contributed by atoms with E-state index < -0.39 is 0 Å². The zero-order chi connectivity index (χ0) is 9.97. The topological polar surface area (TPSA) is 38.9 Å². The van der Waals surface area contributed by atoms with Gasteiger partial charge < -0.3 is 5.73 Å². The molecule has 1 fully saturated rings. The number of hydrogen-bond donors (Lipinski definition) is 1. The zero-order valence-electron chi connectivity index (χ0n) is 8.74. The molecule has 2 N–H and O–H groups in total. The normalized spacial score (nSPS) is 27.5. The van der Waals surface area contributed by atoms with Crippen molar-refractivity contribution in [3.63, 3.8) is 0 Å². The van der Waals surface area contributed by atoms with Crippen LogP contribution in [0.15, 0.2) is 18.3 Å². The highest BCUT2D eigenvalue weighted by Gasteiger charge is 2.22. The van der Waals surface area contributed by atoms with Crippen molar-refractivity contribution in [3.8, 4) is 0 Å². The average molecular weight is 190 g/mol. The Labute approximate surface area is 85.5 Å². The number of nitrogens with two attached hydrogens (primary N) is 1. The number of nitrogens with zero attached hydrogens (tertiary/aromatic N) is 1. The Morgan fingerprint density at radius 3 is 2.86 bits per heavy atom. The summed E-state index contributed by atoms with van der Waals surface area (Å²) >= 11 is 0. The van der Waals surface area contributed by atoms with E-state index in [2.05, 4.69) is 18.0 Å². The van der Waals surface area contributed by atoms with Gasteiger partial charge in [0.05, 0.1) is 0 Å². The Morgan fingerprint density at radius 1 is 1.36 bits per heavy atom. The van der Waals surface area contributed by atoms with Crippen molar-refractivity contribution in [2.24, 2.45) is 5.92 Å². The number of hydrogen-bond acceptors (Lipinski definition) is 2. The zero-order valence-corrected chi connectivity index (χ0v) is 8.74. The third-order valence-corrected chi connectivity index (χ3v) is 3.34. The third kappa shape index (κ3) is 1.89. The standard InChI is InChI=1S/C12H18N2/c1-9-4-2-3-5-11(9)10-6-7-14-12(13)8-10/h6-9,11H,2-5H2,1H3,(H2,13,14)/t9?,11-/m1/s1. The van der Waals surface area contributed by atoms with Crippen molar-refractivity contribution in [1.82, 2.24) is 4.98 Å². The molecule has 0 aromatic carbocycles. The van der Waals surface area contributed by atoms with Gasteiger partial charge in [0.15, 0.2) is 0 Å². The molecule has 1 unspecified atom stereocenters. The fourth-order valence-corrected chi connectivity index (χ4v) is 2.51. The summed E-state index contributed by atoms with van der Waals surface area (Å²) in [6.07, 6.45) is 7.24. The number of aromatic nitrogens is 1. The minimum atomic E-state index is 0.653. The summed E-state index contributed by atoms with van der Waals surface area (Å²) in [4.78, 5) is 4.04. The summed E-state index contributed by atoms with van der Waals surface area (Å²) in [6.45, 7) is 2.35. The first-order chi connectivity index (χ1) is 6.77. The summed E-state index contributed by atoms with van der Waals surface area (Å²) in [5.41, 5.74) is 7.08. The highest BCUT2D eigenvalue weighted by Crippen LogP contribution is 2.37. The van der Waals surface area contributed by atoms with E-state index in [1.807, 2.05) is 12.3 Å². The highest BCUT2D eigenvalue weighted by molar-refractivity contribution is 5.34. The third-order valence-electron chi connectivity index (χ3n) is 3.34. The fraction of sp³-hybridized carbons (Fsp3) is 0.583. The lowest BCUT2D eigenvalue weighted by molar-refractivity contribution is 0.330. The van der Waals surface area contributed by atoms with Crippen LogP contribution in [-0.4, -0.2) is 4.98 Å². The molecule has 1 heterocycles. The summed E-state index contributed by atoms with van der Waals surface area (Å²) < 4.78 is 0. The number of anilines is 1. The van der Waals surface area contributed by atoms with Gasteiger partial charge in [-0.25, -0.2) is 4.98 Å². The van der Waals surface area contributed by atoms with Crippen molar-refractivity contribution >= 4 is 5.82 Å². The molecule has 0 saturated heterocycles. The van der Waals surface area contributed by atoms with Gasteiger partial charge in [-0.15, -0.1) is 0 Å². The van der Waals surface area contributed by atoms with Crippen LogP contribution in [0.5, 0.6) is 0 Å². The molecule has 0 bridgehead atoms. The van der Waals surface area contributed by atoms with E-state index in [-0.39, 0.29) is 0 Å². The smallest absolute Gasteiger partial charge is 0.123 e. The van der Waals surface area contributed by atoms with Gasteiger partial charge in [-0.2, -0.15) is 0 Å². The Kier molecular flexibility index (Phi) is 2.71. The van der Waals surface area contributed by atoms with E-state index in [0.29, 0.717) is 11.7 Å². The van der Waals surface area contributed by atoms with Crippen LogP contribution in [0.4, 0.5) is 5.82 Å². The van der Waals surface area contributed by atoms with Crippen LogP contribution in [0.1, 0.15) is 44.1 Å². The van der Waals surface area contributed by atoms with Crippen LogP contribution in [-0.2, 0) is 0 Å². The van der Waals surface area contributed by atoms with Gasteiger partial charge in [0, 0.05) is 6.20 Å². The predicted octanol–water partition coefficient (Wildman–Crippen LogP) is 2.96. The number of rotatable bonds is 1. The second-order valence-corrected chi connectivity index (χ2v) is 4.38. The Bertz CT molecular complexity index is 309. The lowest BCUT2D eigenvalue weighted by Gasteiger charge is -2.29. The Balaban J connectivity index is 2.20. The summed E-state index contributed by atoms with van der Waals surface area (Å²) in [7, 11) is 0. The molecule has 2 rings (SSSR count). The van der Waals surface area contributed by atoms with Crippen molar-refractivity contribution in [2.75, 3.05) is 5.73 Å². The quantitative estimate of drug-likeness (QED) is 0.739. The van der Waals surface area contributed by atoms with E-state index in [4.69, 9.17) is 5.73 Å². The van der Waals surface area contributed by atoms with E-state index in [9.17, 15) is 0 Å². The van der Waals surface area contributed by atoms with Gasteiger partial charge in [0.2, 0.25) is 0 Å². The molecule has 14 heavy (non-hydrogen) atoms. The first-order valence-corrected chi connectivity index (χ1v) is 5.49. The van der Waals surface area contributed by atoms with Crippen LogP contribution >= 0.6 is 0 Å². The van der Waals surface area contributed by atoms with E-state index in [1.165, 1.54) is 31.2 Å². The first-order valence-electron chi connectivity index (χ1n) is 5.49. The maximum atomic E-state index is 5.70. The summed E-state index contributed by atoms with van der Waals surface area (Å²) in [6, 6.07) is 4.15. The SMILES string of the molecule is CC1CCCC[C@H]1c1ccnc(N)c1. The molecule has 2 nitrogen and oxygen atoms in total. The maximum Gasteiger partial charge on any atom is 0.123 e. The highest BCUT2D eigenvalue weighted by atomic mass is 14.8. The van der Waals surface area contributed by atoms with Crippen LogP contribution in [0.3, 0.4) is 0 Å². The van der Waals surface area contributed by atoms with Gasteiger partial charge >= 0.3 is 0 Å². The Hall–Kier alpha value is -1.05. The second-order valence-electron chi connectivity index (χ2n) is 4.38. The van der Waals surface area contributed by atoms with Gasteiger partial charge in [0.25, 0.3) is 0 Å². The molecule has 2 atom stereocenters. The molecule has 0 spiro atoms. The molecule has 0 radical (unpaired) electrons. The number of nitrogen functional groups attached to an aromatic ring is 1. The fourth-order valence-electron chi connectivity index (χ4n) is 2.51. The number of pyridine rings is 1. The molecule has 1 aliphatic carbocycles. The molecule has 1 aromatic heterocycles. The average Bonchev–Trinajstić information content (AvgIpc) is 2.18. The van der Waals surface area contributed by atoms with Crippen LogP contribution in [0.25, 0.3) is 0 Å². The summed E-state index contributed by atoms with van der Waals surface area (Å²) in [5.74, 6) is 2.15. The molecule has 0 amide bonds. The van der Waals surface area contributed by atoms with Crippen molar-refractivity contribution in [2.45, 2.75) is 38.5 Å². The van der Waals surface area contributed by atoms with E-state index in [0.717, 1.165) is 5.92 Å². The molecule has 2 heteroatoms. The molecule has 76 valence electrons. The predicted molar refractivity (Wildman–Crippen MR) is 59.0 cm³/mol. The van der Waals surface area contributed by atoms with Gasteiger partial charge in [0.1, 0.15) is 5.82 Å². The molecule has 1 aliphatic rings. The van der Waals surface area contributed by atoms with Crippen molar-refractivity contribution in [3.05, 3.63) is 23.9 Å². The van der Waals surface area contributed by atoms with Crippen LogP contribution in [0, 0.1) is 5.92 Å². The van der Waals surface area contributed by atoms with Crippen LogP contribution < -0.4 is 5.73 Å². The Morgan fingerprint density at radius 2 is 2.14 bits per heavy atom. The van der Waals surface area contributed by atoms with Crippen LogP contribution in [0.2, 0.25) is 0 Å². The minimum absolute atomic E-state index is 0.653. The lowest BCUT2D eigenvalue weighted by Crippen LogP contribution is -2.15. The van der Waals surface area contributed by atoms with Gasteiger partial charge in [-0.1, -0.05) is 26.2 Å². The lowest BCUT2D eigenvalue weighted by atomic mass is 9.77. The largest absolute Gasteiger partial charge is 0.384 e. The van der Waals surface area contributed by atoms with E-state index >= 15 is 0 Å². The van der Waals surface area contributed by atoms with E-state index in [1.54, 1.807) is 0 Å².